The molecule has 0 aliphatic carbocycles. The van der Waals surface area contributed by atoms with Crippen LogP contribution in [0.5, 0.6) is 11.5 Å². The summed E-state index contributed by atoms with van der Waals surface area (Å²) in [6.07, 6.45) is -0.253. The Bertz CT molecular complexity index is 1000. The van der Waals surface area contributed by atoms with E-state index >= 15 is 0 Å². The molecule has 2 rings (SSSR count). The minimum absolute atomic E-state index is 0.0370. The van der Waals surface area contributed by atoms with E-state index in [1.807, 2.05) is 13.8 Å². The first kappa shape index (κ1) is 26.6. The molecule has 2 unspecified atom stereocenters. The van der Waals surface area contributed by atoms with E-state index in [-0.39, 0.29) is 17.5 Å². The molecule has 0 heterocycles. The average molecular weight is 479 g/mol. The largest absolute Gasteiger partial charge is 0.494 e. The minimum Gasteiger partial charge on any atom is -0.494 e. The molecule has 9 heteroatoms. The molecule has 0 fully saturated rings. The van der Waals surface area contributed by atoms with E-state index < -0.39 is 20.5 Å². The van der Waals surface area contributed by atoms with Gasteiger partial charge < -0.3 is 9.47 Å². The molecule has 0 radical (unpaired) electrons. The molecule has 0 bridgehead atoms. The Morgan fingerprint density at radius 1 is 1.03 bits per heavy atom. The molecule has 0 saturated carbocycles. The van der Waals surface area contributed by atoms with Crippen LogP contribution in [0.4, 0.5) is 0 Å². The predicted octanol–water partition coefficient (Wildman–Crippen LogP) is 3.43. The monoisotopic (exact) mass is 478 g/mol. The van der Waals surface area contributed by atoms with Gasteiger partial charge in [-0.25, -0.2) is 13.9 Å². The third kappa shape index (κ3) is 6.04. The van der Waals surface area contributed by atoms with E-state index in [2.05, 4.69) is 18.7 Å². The van der Waals surface area contributed by atoms with E-state index in [9.17, 15) is 18.4 Å². The first-order valence-electron chi connectivity index (χ1n) is 11.0. The number of sulfone groups is 1. The second-order valence-corrected chi connectivity index (χ2v) is 10.2. The lowest BCUT2D eigenvalue weighted by Crippen LogP contribution is -2.51. The van der Waals surface area contributed by atoms with E-state index in [1.165, 1.54) is 36.7 Å². The molecule has 0 saturated heterocycles. The number of rotatable bonds is 12. The summed E-state index contributed by atoms with van der Waals surface area (Å²) in [6.45, 7) is 11.4. The van der Waals surface area contributed by atoms with Gasteiger partial charge in [0.05, 0.1) is 11.5 Å². The van der Waals surface area contributed by atoms with Gasteiger partial charge in [-0.15, -0.1) is 0 Å². The smallest absolute Gasteiger partial charge is 0.265 e. The molecule has 182 valence electrons. The lowest BCUT2D eigenvalue weighted by atomic mass is 9.99. The predicted molar refractivity (Wildman–Crippen MR) is 126 cm³/mol. The molecule has 0 aliphatic rings. The van der Waals surface area contributed by atoms with Gasteiger partial charge in [0, 0.05) is 6.42 Å². The van der Waals surface area contributed by atoms with Crippen molar-refractivity contribution >= 4 is 15.7 Å². The number of nitrogens with one attached hydrogen (secondary N) is 1. The van der Waals surface area contributed by atoms with Crippen LogP contribution in [0.3, 0.4) is 0 Å². The van der Waals surface area contributed by atoms with Gasteiger partial charge >= 0.3 is 0 Å². The third-order valence-corrected chi connectivity index (χ3v) is 8.13. The molecule has 2 aromatic rings. The van der Waals surface area contributed by atoms with Gasteiger partial charge in [0.15, 0.2) is 14.6 Å². The van der Waals surface area contributed by atoms with Crippen molar-refractivity contribution in [2.45, 2.75) is 56.9 Å². The zero-order chi connectivity index (χ0) is 24.6. The van der Waals surface area contributed by atoms with Crippen LogP contribution in [0.1, 0.15) is 40.2 Å². The molecule has 33 heavy (non-hydrogen) atoms. The Kier molecular flexibility index (Phi) is 9.27. The van der Waals surface area contributed by atoms with Crippen molar-refractivity contribution in [3.63, 3.8) is 0 Å². The summed E-state index contributed by atoms with van der Waals surface area (Å²) >= 11 is 0. The summed E-state index contributed by atoms with van der Waals surface area (Å²) in [4.78, 5) is 14.7. The number of hydrogen-bond acceptors (Lipinski definition) is 7. The first-order chi connectivity index (χ1) is 15.6. The fourth-order valence-electron chi connectivity index (χ4n) is 3.64. The van der Waals surface area contributed by atoms with Crippen molar-refractivity contribution in [1.82, 2.24) is 10.4 Å². The van der Waals surface area contributed by atoms with E-state index in [4.69, 9.17) is 9.47 Å². The van der Waals surface area contributed by atoms with Crippen LogP contribution in [0, 0.1) is 0 Å². The Labute approximate surface area is 196 Å². The normalized spacial score (nSPS) is 14.4. The summed E-state index contributed by atoms with van der Waals surface area (Å²) in [7, 11) is -4.15. The zero-order valence-corrected chi connectivity index (χ0v) is 20.7. The number of benzene rings is 2. The van der Waals surface area contributed by atoms with Crippen LogP contribution in [0.2, 0.25) is 0 Å². The second-order valence-electron chi connectivity index (χ2n) is 7.84. The minimum atomic E-state index is -4.15. The maximum Gasteiger partial charge on any atom is 0.265 e. The molecular formula is C24H34N2O6S. The molecule has 0 spiro atoms. The standard InChI is InChI=1S/C24H34N2O6S/c1-6-26(7-2)18(4)32-21-11-9-19(10-12-21)17-24(5,23(27)25-28)33(29,30)22-15-13-20(14-16-22)31-8-3/h9-16,18,28H,6-8,17H2,1-5H3,(H,25,27). The highest BCUT2D eigenvalue weighted by Gasteiger charge is 2.47. The van der Waals surface area contributed by atoms with Crippen LogP contribution in [0.25, 0.3) is 0 Å². The van der Waals surface area contributed by atoms with E-state index in [0.29, 0.717) is 23.7 Å². The number of hydrogen-bond donors (Lipinski definition) is 2. The molecule has 1 amide bonds. The topological polar surface area (TPSA) is 105 Å². The average Bonchev–Trinajstić information content (AvgIpc) is 2.81. The van der Waals surface area contributed by atoms with Gasteiger partial charge in [-0.2, -0.15) is 0 Å². The quantitative estimate of drug-likeness (QED) is 0.274. The SMILES string of the molecule is CCOc1ccc(S(=O)(=O)C(C)(Cc2ccc(OC(C)N(CC)CC)cc2)C(=O)NO)cc1. The summed E-state index contributed by atoms with van der Waals surface area (Å²) in [6, 6.07) is 12.8. The summed E-state index contributed by atoms with van der Waals surface area (Å²) in [5.74, 6) is 0.159. The van der Waals surface area contributed by atoms with Crippen LogP contribution >= 0.6 is 0 Å². The van der Waals surface area contributed by atoms with Crippen molar-refractivity contribution in [1.29, 1.82) is 0 Å². The Balaban J connectivity index is 2.30. The Hall–Kier alpha value is -2.62. The lowest BCUT2D eigenvalue weighted by molar-refractivity contribution is -0.131. The first-order valence-corrected chi connectivity index (χ1v) is 12.5. The van der Waals surface area contributed by atoms with Gasteiger partial charge in [-0.1, -0.05) is 26.0 Å². The van der Waals surface area contributed by atoms with Crippen molar-refractivity contribution in [2.75, 3.05) is 19.7 Å². The fraction of sp³-hybridized carbons (Fsp3) is 0.458. The highest BCUT2D eigenvalue weighted by molar-refractivity contribution is 7.93. The lowest BCUT2D eigenvalue weighted by Gasteiger charge is -2.28. The Morgan fingerprint density at radius 2 is 1.58 bits per heavy atom. The van der Waals surface area contributed by atoms with Crippen molar-refractivity contribution < 1.29 is 27.9 Å². The molecule has 2 N–H and O–H groups in total. The third-order valence-electron chi connectivity index (χ3n) is 5.72. The molecule has 8 nitrogen and oxygen atoms in total. The highest BCUT2D eigenvalue weighted by atomic mass is 32.2. The van der Waals surface area contributed by atoms with Crippen LogP contribution in [0.15, 0.2) is 53.4 Å². The fourth-order valence-corrected chi connectivity index (χ4v) is 5.30. The van der Waals surface area contributed by atoms with E-state index in [0.717, 1.165) is 13.1 Å². The van der Waals surface area contributed by atoms with Crippen LogP contribution in [-0.2, 0) is 21.1 Å². The maximum atomic E-state index is 13.4. The van der Waals surface area contributed by atoms with Crippen molar-refractivity contribution in [3.8, 4) is 11.5 Å². The van der Waals surface area contributed by atoms with Crippen molar-refractivity contribution in [3.05, 3.63) is 54.1 Å². The number of ether oxygens (including phenoxy) is 2. The number of hydroxylamine groups is 1. The second kappa shape index (κ2) is 11.5. The van der Waals surface area contributed by atoms with Gasteiger partial charge in [-0.3, -0.25) is 14.9 Å². The van der Waals surface area contributed by atoms with Crippen LogP contribution in [-0.4, -0.2) is 55.1 Å². The molecular weight excluding hydrogens is 444 g/mol. The van der Waals surface area contributed by atoms with Gasteiger partial charge in [0.25, 0.3) is 5.91 Å². The Morgan fingerprint density at radius 3 is 2.06 bits per heavy atom. The summed E-state index contributed by atoms with van der Waals surface area (Å²) in [5, 5.41) is 9.31. The number of carbonyl (C=O) groups is 1. The molecule has 0 aliphatic heterocycles. The van der Waals surface area contributed by atoms with Crippen molar-refractivity contribution in [2.24, 2.45) is 0 Å². The number of amides is 1. The molecule has 2 atom stereocenters. The van der Waals surface area contributed by atoms with Gasteiger partial charge in [0.1, 0.15) is 17.7 Å². The van der Waals surface area contributed by atoms with Gasteiger partial charge in [-0.05, 0) is 75.8 Å². The molecule has 0 aromatic heterocycles. The number of carbonyl (C=O) groups excluding carboxylic acids is 1. The zero-order valence-electron chi connectivity index (χ0n) is 19.9. The highest BCUT2D eigenvalue weighted by Crippen LogP contribution is 2.31. The van der Waals surface area contributed by atoms with E-state index in [1.54, 1.807) is 24.3 Å². The number of nitrogens with zero attached hydrogens (tertiary/aromatic N) is 1. The molecule has 2 aromatic carbocycles. The summed E-state index contributed by atoms with van der Waals surface area (Å²) in [5.41, 5.74) is 2.13. The van der Waals surface area contributed by atoms with Gasteiger partial charge in [0.2, 0.25) is 0 Å². The summed E-state index contributed by atoms with van der Waals surface area (Å²) < 4.78 is 36.3. The maximum absolute atomic E-state index is 13.4. The van der Waals surface area contributed by atoms with Crippen LogP contribution < -0.4 is 15.0 Å².